The number of aromatic nitrogens is 1. The number of ether oxygens (including phenoxy) is 1. The van der Waals surface area contributed by atoms with Gasteiger partial charge in [-0.15, -0.1) is 0 Å². The van der Waals surface area contributed by atoms with E-state index in [-0.39, 0.29) is 0 Å². The molecule has 0 radical (unpaired) electrons. The number of fused-ring (bicyclic) bond motifs is 3. The molecule has 0 fully saturated rings. The van der Waals surface area contributed by atoms with E-state index in [4.69, 9.17) is 4.74 Å². The molecule has 0 unspecified atom stereocenters. The highest BCUT2D eigenvalue weighted by Gasteiger charge is 2.12. The Labute approximate surface area is 120 Å². The minimum atomic E-state index is 0.953. The molecule has 0 saturated carbocycles. The highest BCUT2D eigenvalue weighted by Crippen LogP contribution is 2.35. The largest absolute Gasteiger partial charge is 0.496 e. The van der Waals surface area contributed by atoms with E-state index >= 15 is 0 Å². The third kappa shape index (κ3) is 1.96. The van der Waals surface area contributed by atoms with Gasteiger partial charge in [0, 0.05) is 23.3 Å². The maximum Gasteiger partial charge on any atom is 0.128 e. The van der Waals surface area contributed by atoms with E-state index < -0.39 is 0 Å². The van der Waals surface area contributed by atoms with Gasteiger partial charge in [-0.3, -0.25) is 0 Å². The minimum Gasteiger partial charge on any atom is -0.496 e. The van der Waals surface area contributed by atoms with Crippen LogP contribution in [0.1, 0.15) is 25.3 Å². The molecule has 20 heavy (non-hydrogen) atoms. The van der Waals surface area contributed by atoms with Crippen LogP contribution in [0.4, 0.5) is 0 Å². The van der Waals surface area contributed by atoms with Gasteiger partial charge in [-0.1, -0.05) is 31.5 Å². The van der Waals surface area contributed by atoms with Gasteiger partial charge in [-0.25, -0.2) is 0 Å². The second-order valence-electron chi connectivity index (χ2n) is 5.37. The van der Waals surface area contributed by atoms with Gasteiger partial charge in [0.1, 0.15) is 5.75 Å². The first-order valence-corrected chi connectivity index (χ1v) is 7.30. The number of methoxy groups -OCH3 is 1. The lowest BCUT2D eigenvalue weighted by Gasteiger charge is -2.02. The van der Waals surface area contributed by atoms with Crippen molar-refractivity contribution in [3.63, 3.8) is 0 Å². The topological polar surface area (TPSA) is 14.2 Å². The Morgan fingerprint density at radius 3 is 2.70 bits per heavy atom. The lowest BCUT2D eigenvalue weighted by atomic mass is 10.1. The van der Waals surface area contributed by atoms with Gasteiger partial charge >= 0.3 is 0 Å². The highest BCUT2D eigenvalue weighted by atomic mass is 16.5. The first-order valence-electron chi connectivity index (χ1n) is 7.30. The normalized spacial score (nSPS) is 11.3. The lowest BCUT2D eigenvalue weighted by molar-refractivity contribution is 0.420. The molecule has 2 nitrogen and oxygen atoms in total. The van der Waals surface area contributed by atoms with Crippen LogP contribution in [0.25, 0.3) is 21.8 Å². The molecule has 0 spiro atoms. The van der Waals surface area contributed by atoms with Gasteiger partial charge in [-0.05, 0) is 36.6 Å². The van der Waals surface area contributed by atoms with Crippen molar-refractivity contribution in [2.75, 3.05) is 7.11 Å². The van der Waals surface area contributed by atoms with Crippen LogP contribution >= 0.6 is 0 Å². The zero-order valence-corrected chi connectivity index (χ0v) is 12.4. The number of rotatable bonds is 4. The highest BCUT2D eigenvalue weighted by molar-refractivity contribution is 6.11. The Hall–Kier alpha value is -1.96. The molecular formula is C18H21NO. The first kappa shape index (κ1) is 13.0. The fourth-order valence-electron chi connectivity index (χ4n) is 2.97. The fourth-order valence-corrected chi connectivity index (χ4v) is 2.97. The van der Waals surface area contributed by atoms with E-state index in [1.165, 1.54) is 40.2 Å². The van der Waals surface area contributed by atoms with Crippen LogP contribution in [0.2, 0.25) is 0 Å². The van der Waals surface area contributed by atoms with Crippen molar-refractivity contribution in [1.82, 2.24) is 4.57 Å². The summed E-state index contributed by atoms with van der Waals surface area (Å²) in [5, 5.41) is 2.50. The Balaban J connectivity index is 2.26. The second kappa shape index (κ2) is 5.20. The maximum absolute atomic E-state index is 5.53. The number of hydrogen-bond acceptors (Lipinski definition) is 1. The van der Waals surface area contributed by atoms with Gasteiger partial charge in [0.25, 0.3) is 0 Å². The SMILES string of the molecule is CCCCc1ccc2c3c(OC)cccc3n(C)c2c1. The molecule has 0 aliphatic rings. The molecule has 104 valence electrons. The van der Waals surface area contributed by atoms with Gasteiger partial charge in [0.2, 0.25) is 0 Å². The summed E-state index contributed by atoms with van der Waals surface area (Å²) in [5.74, 6) is 0.953. The summed E-state index contributed by atoms with van der Waals surface area (Å²) >= 11 is 0. The second-order valence-corrected chi connectivity index (χ2v) is 5.37. The lowest BCUT2D eigenvalue weighted by Crippen LogP contribution is -1.89. The number of aryl methyl sites for hydroxylation is 2. The Bertz CT molecular complexity index is 755. The molecule has 0 amide bonds. The summed E-state index contributed by atoms with van der Waals surface area (Å²) in [4.78, 5) is 0. The Morgan fingerprint density at radius 1 is 1.10 bits per heavy atom. The zero-order valence-electron chi connectivity index (χ0n) is 12.4. The Morgan fingerprint density at radius 2 is 1.95 bits per heavy atom. The van der Waals surface area contributed by atoms with Crippen LogP contribution in [-0.4, -0.2) is 11.7 Å². The number of hydrogen-bond donors (Lipinski definition) is 0. The molecule has 0 N–H and O–H groups in total. The molecule has 2 aromatic carbocycles. The quantitative estimate of drug-likeness (QED) is 0.669. The van der Waals surface area contributed by atoms with Crippen molar-refractivity contribution in [3.8, 4) is 5.75 Å². The third-order valence-corrected chi connectivity index (χ3v) is 4.10. The van der Waals surface area contributed by atoms with Crippen LogP contribution in [0.3, 0.4) is 0 Å². The summed E-state index contributed by atoms with van der Waals surface area (Å²) in [5.41, 5.74) is 3.94. The summed E-state index contributed by atoms with van der Waals surface area (Å²) in [6.45, 7) is 2.24. The van der Waals surface area contributed by atoms with Crippen molar-refractivity contribution >= 4 is 21.8 Å². The van der Waals surface area contributed by atoms with Gasteiger partial charge in [0.05, 0.1) is 12.6 Å². The zero-order chi connectivity index (χ0) is 14.1. The summed E-state index contributed by atoms with van der Waals surface area (Å²) in [6, 6.07) is 13.1. The van der Waals surface area contributed by atoms with Crippen molar-refractivity contribution in [1.29, 1.82) is 0 Å². The standard InChI is InChI=1S/C18H21NO/c1-4-5-7-13-10-11-14-16(12-13)19(2)15-8-6-9-17(20-3)18(14)15/h6,8-12H,4-5,7H2,1-3H3. The van der Waals surface area contributed by atoms with E-state index in [1.54, 1.807) is 7.11 Å². The van der Waals surface area contributed by atoms with Crippen molar-refractivity contribution < 1.29 is 4.74 Å². The number of nitrogens with zero attached hydrogens (tertiary/aromatic N) is 1. The van der Waals surface area contributed by atoms with E-state index in [0.29, 0.717) is 0 Å². The van der Waals surface area contributed by atoms with Crippen molar-refractivity contribution in [2.24, 2.45) is 7.05 Å². The smallest absolute Gasteiger partial charge is 0.128 e. The number of benzene rings is 2. The summed E-state index contributed by atoms with van der Waals surface area (Å²) < 4.78 is 7.80. The molecule has 3 rings (SSSR count). The molecule has 0 aliphatic heterocycles. The van der Waals surface area contributed by atoms with Crippen LogP contribution in [0.5, 0.6) is 5.75 Å². The first-order chi connectivity index (χ1) is 9.76. The summed E-state index contributed by atoms with van der Waals surface area (Å²) in [7, 11) is 3.87. The predicted molar refractivity (Wildman–Crippen MR) is 85.6 cm³/mol. The monoisotopic (exact) mass is 267 g/mol. The molecule has 1 heterocycles. The average Bonchev–Trinajstić information content (AvgIpc) is 2.78. The van der Waals surface area contributed by atoms with Gasteiger partial charge < -0.3 is 9.30 Å². The van der Waals surface area contributed by atoms with Crippen LogP contribution in [0, 0.1) is 0 Å². The minimum absolute atomic E-state index is 0.953. The van der Waals surface area contributed by atoms with E-state index in [2.05, 4.69) is 48.9 Å². The average molecular weight is 267 g/mol. The maximum atomic E-state index is 5.53. The van der Waals surface area contributed by atoms with Gasteiger partial charge in [0.15, 0.2) is 0 Å². The van der Waals surface area contributed by atoms with Gasteiger partial charge in [-0.2, -0.15) is 0 Å². The molecule has 0 saturated heterocycles. The third-order valence-electron chi connectivity index (χ3n) is 4.10. The molecule has 1 aromatic heterocycles. The fraction of sp³-hybridized carbons (Fsp3) is 0.333. The van der Waals surface area contributed by atoms with E-state index in [1.807, 2.05) is 6.07 Å². The van der Waals surface area contributed by atoms with Crippen LogP contribution < -0.4 is 4.74 Å². The molecule has 0 bridgehead atoms. The van der Waals surface area contributed by atoms with Crippen LogP contribution in [-0.2, 0) is 13.5 Å². The Kier molecular flexibility index (Phi) is 3.39. The molecule has 3 aromatic rings. The van der Waals surface area contributed by atoms with Crippen LogP contribution in [0.15, 0.2) is 36.4 Å². The molecule has 0 atom stereocenters. The van der Waals surface area contributed by atoms with E-state index in [0.717, 1.165) is 12.2 Å². The van der Waals surface area contributed by atoms with Crippen molar-refractivity contribution in [3.05, 3.63) is 42.0 Å². The van der Waals surface area contributed by atoms with E-state index in [9.17, 15) is 0 Å². The molecule has 0 aliphatic carbocycles. The predicted octanol–water partition coefficient (Wildman–Crippen LogP) is 4.68. The summed E-state index contributed by atoms with van der Waals surface area (Å²) in [6.07, 6.45) is 3.64. The number of unbranched alkanes of at least 4 members (excludes halogenated alkanes) is 1. The van der Waals surface area contributed by atoms with Crippen molar-refractivity contribution in [2.45, 2.75) is 26.2 Å². The molecular weight excluding hydrogens is 246 g/mol. The molecule has 2 heteroatoms.